The van der Waals surface area contributed by atoms with Crippen molar-refractivity contribution in [3.05, 3.63) is 88.0 Å². The Kier molecular flexibility index (Phi) is 5.36. The molecule has 35 heavy (non-hydrogen) atoms. The van der Waals surface area contributed by atoms with E-state index in [-0.39, 0.29) is 51.5 Å². The number of carbonyl (C=O) groups is 1. The molecule has 3 unspecified atom stereocenters. The highest BCUT2D eigenvalue weighted by atomic mass is 16.6. The number of phenols is 1. The predicted octanol–water partition coefficient (Wildman–Crippen LogP) is 2.43. The van der Waals surface area contributed by atoms with E-state index in [1.54, 1.807) is 12.1 Å². The van der Waals surface area contributed by atoms with E-state index in [4.69, 9.17) is 11.5 Å². The Morgan fingerprint density at radius 1 is 1.11 bits per heavy atom. The average Bonchev–Trinajstić information content (AvgIpc) is 2.83. The van der Waals surface area contributed by atoms with Crippen molar-refractivity contribution in [2.24, 2.45) is 5.73 Å². The topological polar surface area (TPSA) is 180 Å². The number of hydrazine groups is 1. The van der Waals surface area contributed by atoms with Crippen LogP contribution in [0.1, 0.15) is 22.1 Å². The van der Waals surface area contributed by atoms with Crippen LogP contribution in [0, 0.1) is 10.1 Å². The van der Waals surface area contributed by atoms with Crippen LogP contribution in [-0.2, 0) is 0 Å². The SMILES string of the molecule is Nc1cc(NNC2C=CC=CC2N)c(O)c(N2C(=O)c3ccc([N+](=O)[O-])c4cccc(c34)C2O)c1. The molecule has 3 aromatic rings. The number of aliphatic hydroxyl groups is 1. The van der Waals surface area contributed by atoms with E-state index in [2.05, 4.69) is 10.9 Å². The molecule has 0 aromatic heterocycles. The van der Waals surface area contributed by atoms with Gasteiger partial charge in [0, 0.05) is 34.3 Å². The van der Waals surface area contributed by atoms with Gasteiger partial charge in [-0.3, -0.25) is 19.8 Å². The minimum absolute atomic E-state index is 0.0313. The predicted molar refractivity (Wildman–Crippen MR) is 132 cm³/mol. The number of nitrogens with one attached hydrogen (secondary N) is 2. The molecule has 1 aliphatic heterocycles. The third-order valence-electron chi connectivity index (χ3n) is 6.14. The number of aromatic hydroxyl groups is 1. The summed E-state index contributed by atoms with van der Waals surface area (Å²) in [6.07, 6.45) is 5.80. The van der Waals surface area contributed by atoms with Crippen LogP contribution in [0.2, 0.25) is 0 Å². The Bertz CT molecular complexity index is 1440. The van der Waals surface area contributed by atoms with Gasteiger partial charge < -0.3 is 27.1 Å². The normalized spacial score (nSPS) is 20.9. The molecule has 0 fully saturated rings. The number of nitro benzene ring substituents is 1. The van der Waals surface area contributed by atoms with Crippen molar-refractivity contribution in [1.29, 1.82) is 0 Å². The average molecular weight is 474 g/mol. The van der Waals surface area contributed by atoms with Gasteiger partial charge in [-0.2, -0.15) is 0 Å². The molecule has 0 spiro atoms. The monoisotopic (exact) mass is 474 g/mol. The molecule has 8 N–H and O–H groups in total. The van der Waals surface area contributed by atoms with Crippen molar-refractivity contribution in [2.75, 3.05) is 16.1 Å². The van der Waals surface area contributed by atoms with Crippen molar-refractivity contribution >= 4 is 39.4 Å². The molecule has 3 atom stereocenters. The zero-order valence-corrected chi connectivity index (χ0v) is 18.3. The number of rotatable bonds is 5. The Balaban J connectivity index is 1.55. The molecule has 1 heterocycles. The van der Waals surface area contributed by atoms with Gasteiger partial charge >= 0.3 is 0 Å². The van der Waals surface area contributed by atoms with E-state index < -0.39 is 17.1 Å². The first-order valence-corrected chi connectivity index (χ1v) is 10.7. The van der Waals surface area contributed by atoms with Gasteiger partial charge in [-0.25, -0.2) is 5.43 Å². The van der Waals surface area contributed by atoms with Crippen LogP contribution in [0.25, 0.3) is 10.8 Å². The minimum atomic E-state index is -1.52. The molecule has 3 aromatic carbocycles. The number of nitrogen functional groups attached to an aromatic ring is 1. The van der Waals surface area contributed by atoms with Gasteiger partial charge in [0.25, 0.3) is 11.6 Å². The first-order chi connectivity index (χ1) is 16.8. The van der Waals surface area contributed by atoms with Gasteiger partial charge in [0.15, 0.2) is 12.0 Å². The summed E-state index contributed by atoms with van der Waals surface area (Å²) in [5.74, 6) is -0.973. The van der Waals surface area contributed by atoms with Crippen molar-refractivity contribution in [3.63, 3.8) is 0 Å². The van der Waals surface area contributed by atoms with Crippen LogP contribution in [0.3, 0.4) is 0 Å². The molecule has 0 bridgehead atoms. The zero-order chi connectivity index (χ0) is 24.9. The van der Waals surface area contributed by atoms with Crippen molar-refractivity contribution < 1.29 is 19.9 Å². The lowest BCUT2D eigenvalue weighted by atomic mass is 9.92. The number of carbonyl (C=O) groups excluding carboxylic acids is 1. The maximum atomic E-state index is 13.5. The van der Waals surface area contributed by atoms with E-state index in [1.807, 2.05) is 24.3 Å². The maximum Gasteiger partial charge on any atom is 0.277 e. The molecule has 11 nitrogen and oxygen atoms in total. The van der Waals surface area contributed by atoms with Crippen molar-refractivity contribution in [1.82, 2.24) is 5.43 Å². The number of nitro groups is 1. The van der Waals surface area contributed by atoms with Gasteiger partial charge in [0.1, 0.15) is 0 Å². The summed E-state index contributed by atoms with van der Waals surface area (Å²) >= 11 is 0. The lowest BCUT2D eigenvalue weighted by Gasteiger charge is -2.34. The van der Waals surface area contributed by atoms with Crippen LogP contribution >= 0.6 is 0 Å². The lowest BCUT2D eigenvalue weighted by molar-refractivity contribution is -0.383. The van der Waals surface area contributed by atoms with E-state index in [0.29, 0.717) is 10.9 Å². The Morgan fingerprint density at radius 2 is 1.89 bits per heavy atom. The maximum absolute atomic E-state index is 13.5. The summed E-state index contributed by atoms with van der Waals surface area (Å²) in [5.41, 5.74) is 18.6. The summed E-state index contributed by atoms with van der Waals surface area (Å²) in [4.78, 5) is 25.4. The quantitative estimate of drug-likeness (QED) is 0.106. The van der Waals surface area contributed by atoms with E-state index in [0.717, 1.165) is 4.90 Å². The van der Waals surface area contributed by atoms with E-state index in [1.165, 1.54) is 30.3 Å². The minimum Gasteiger partial charge on any atom is -0.504 e. The first kappa shape index (κ1) is 22.3. The fourth-order valence-corrected chi connectivity index (χ4v) is 4.44. The number of nitrogens with two attached hydrogens (primary N) is 2. The Labute approximate surface area is 199 Å². The second kappa shape index (κ2) is 8.40. The highest BCUT2D eigenvalue weighted by Gasteiger charge is 2.37. The highest BCUT2D eigenvalue weighted by Crippen LogP contribution is 2.45. The van der Waals surface area contributed by atoms with Crippen LogP contribution in [0.4, 0.5) is 22.7 Å². The molecule has 1 amide bonds. The first-order valence-electron chi connectivity index (χ1n) is 10.7. The number of amides is 1. The zero-order valence-electron chi connectivity index (χ0n) is 18.3. The third kappa shape index (κ3) is 3.64. The second-order valence-corrected chi connectivity index (χ2v) is 8.29. The number of hydrogen-bond donors (Lipinski definition) is 6. The second-order valence-electron chi connectivity index (χ2n) is 8.29. The van der Waals surface area contributed by atoms with Crippen molar-refractivity contribution in [2.45, 2.75) is 18.3 Å². The molecule has 0 saturated carbocycles. The van der Waals surface area contributed by atoms with Gasteiger partial charge in [-0.05, 0) is 24.3 Å². The largest absolute Gasteiger partial charge is 0.504 e. The van der Waals surface area contributed by atoms with Crippen LogP contribution < -0.4 is 27.2 Å². The summed E-state index contributed by atoms with van der Waals surface area (Å²) in [6.45, 7) is 0. The van der Waals surface area contributed by atoms with E-state index in [9.17, 15) is 25.1 Å². The molecule has 0 saturated heterocycles. The third-order valence-corrected chi connectivity index (χ3v) is 6.14. The van der Waals surface area contributed by atoms with Gasteiger partial charge in [0.2, 0.25) is 0 Å². The standard InChI is InChI=1S/C24H22N6O5/c25-12-10-18(28-27-17-7-2-1-6-16(17)26)22(31)20(11-12)29-23(32)14-5-3-4-13-19(30(34)35)9-8-15(21(13)14)24(29)33/h1-11,16-17,23,27-28,31-32H,25-26H2. The van der Waals surface area contributed by atoms with E-state index >= 15 is 0 Å². The summed E-state index contributed by atoms with van der Waals surface area (Å²) in [5, 5.41) is 34.2. The summed E-state index contributed by atoms with van der Waals surface area (Å²) in [6, 6.07) is 9.53. The molecule has 11 heteroatoms. The van der Waals surface area contributed by atoms with Crippen LogP contribution in [0.15, 0.2) is 66.8 Å². The number of anilines is 3. The fraction of sp³-hybridized carbons (Fsp3) is 0.125. The lowest BCUT2D eigenvalue weighted by Crippen LogP contribution is -2.46. The van der Waals surface area contributed by atoms with Crippen LogP contribution in [-0.4, -0.2) is 33.1 Å². The molecule has 0 radical (unpaired) electrons. The van der Waals surface area contributed by atoms with Crippen LogP contribution in [0.5, 0.6) is 5.75 Å². The number of non-ortho nitro benzene ring substituents is 1. The molecular formula is C24H22N6O5. The number of aliphatic hydroxyl groups excluding tert-OH is 1. The fourth-order valence-electron chi connectivity index (χ4n) is 4.44. The highest BCUT2D eigenvalue weighted by molar-refractivity contribution is 6.19. The number of phenolic OH excluding ortho intramolecular Hbond substituents is 1. The van der Waals surface area contributed by atoms with Crippen molar-refractivity contribution in [3.8, 4) is 5.75 Å². The number of allylic oxidation sites excluding steroid dienone is 2. The van der Waals surface area contributed by atoms with Gasteiger partial charge in [-0.15, -0.1) is 0 Å². The Hall–Kier alpha value is -4.45. The summed E-state index contributed by atoms with van der Waals surface area (Å²) < 4.78 is 0. The number of nitrogens with zero attached hydrogens (tertiary/aromatic N) is 2. The molecule has 1 aliphatic carbocycles. The molecule has 2 aliphatic rings. The molecular weight excluding hydrogens is 452 g/mol. The summed E-state index contributed by atoms with van der Waals surface area (Å²) in [7, 11) is 0. The van der Waals surface area contributed by atoms with Gasteiger partial charge in [0.05, 0.1) is 27.7 Å². The smallest absolute Gasteiger partial charge is 0.277 e. The molecule has 178 valence electrons. The number of hydrogen-bond acceptors (Lipinski definition) is 9. The van der Waals surface area contributed by atoms with Gasteiger partial charge in [-0.1, -0.05) is 36.4 Å². The Morgan fingerprint density at radius 3 is 2.63 bits per heavy atom. The molecule has 5 rings (SSSR count). The number of benzene rings is 3.